The van der Waals surface area contributed by atoms with Crippen LogP contribution in [0.25, 0.3) is 10.1 Å². The molecule has 0 saturated heterocycles. The molecule has 1 aliphatic carbocycles. The lowest BCUT2D eigenvalue weighted by Crippen LogP contribution is -2.49. The molecule has 20 heavy (non-hydrogen) atoms. The average molecular weight is 289 g/mol. The molecular weight excluding hydrogens is 270 g/mol. The van der Waals surface area contributed by atoms with E-state index in [1.54, 1.807) is 0 Å². The van der Waals surface area contributed by atoms with Crippen molar-refractivity contribution in [3.05, 3.63) is 34.7 Å². The number of carboxylic acid groups (broad SMARTS) is 1. The molecule has 0 amide bonds. The SMILES string of the molecule is CCC1(NCc2c(C(=O)O)sc3ccccc23)CCC1. The monoisotopic (exact) mass is 289 g/mol. The van der Waals surface area contributed by atoms with E-state index < -0.39 is 5.97 Å². The summed E-state index contributed by atoms with van der Waals surface area (Å²) in [5.41, 5.74) is 1.18. The minimum Gasteiger partial charge on any atom is -0.477 e. The number of hydrogen-bond acceptors (Lipinski definition) is 3. The molecule has 3 nitrogen and oxygen atoms in total. The van der Waals surface area contributed by atoms with Crippen molar-refractivity contribution in [2.24, 2.45) is 0 Å². The highest BCUT2D eigenvalue weighted by atomic mass is 32.1. The molecule has 0 atom stereocenters. The molecule has 1 saturated carbocycles. The molecule has 2 aromatic rings. The van der Waals surface area contributed by atoms with Gasteiger partial charge in [0.2, 0.25) is 0 Å². The molecule has 0 spiro atoms. The van der Waals surface area contributed by atoms with Crippen LogP contribution in [-0.2, 0) is 6.54 Å². The van der Waals surface area contributed by atoms with Crippen molar-refractivity contribution in [1.29, 1.82) is 0 Å². The Labute approximate surface area is 122 Å². The van der Waals surface area contributed by atoms with Crippen molar-refractivity contribution in [3.8, 4) is 0 Å². The van der Waals surface area contributed by atoms with Crippen molar-refractivity contribution in [2.45, 2.75) is 44.7 Å². The fraction of sp³-hybridized carbons (Fsp3) is 0.438. The van der Waals surface area contributed by atoms with Gasteiger partial charge in [-0.2, -0.15) is 0 Å². The molecule has 1 aliphatic rings. The highest BCUT2D eigenvalue weighted by Crippen LogP contribution is 2.36. The summed E-state index contributed by atoms with van der Waals surface area (Å²) in [6.45, 7) is 2.86. The molecule has 0 radical (unpaired) electrons. The first-order valence-corrected chi connectivity index (χ1v) is 7.95. The van der Waals surface area contributed by atoms with Crippen LogP contribution >= 0.6 is 11.3 Å². The first-order chi connectivity index (χ1) is 9.65. The largest absolute Gasteiger partial charge is 0.477 e. The van der Waals surface area contributed by atoms with Gasteiger partial charge in [0.15, 0.2) is 0 Å². The average Bonchev–Trinajstić information content (AvgIpc) is 2.77. The maximum Gasteiger partial charge on any atom is 0.346 e. The van der Waals surface area contributed by atoms with E-state index in [2.05, 4.69) is 12.2 Å². The molecular formula is C16H19NO2S. The minimum atomic E-state index is -0.817. The summed E-state index contributed by atoms with van der Waals surface area (Å²) in [7, 11) is 0. The lowest BCUT2D eigenvalue weighted by Gasteiger charge is -2.42. The van der Waals surface area contributed by atoms with Gasteiger partial charge in [0.1, 0.15) is 4.88 Å². The van der Waals surface area contributed by atoms with E-state index in [1.807, 2.05) is 24.3 Å². The second-order valence-electron chi connectivity index (χ2n) is 5.55. The Kier molecular flexibility index (Phi) is 3.52. The van der Waals surface area contributed by atoms with Gasteiger partial charge >= 0.3 is 5.97 Å². The predicted octanol–water partition coefficient (Wildman–Crippen LogP) is 4.02. The smallest absolute Gasteiger partial charge is 0.346 e. The number of thiophene rings is 1. The van der Waals surface area contributed by atoms with Crippen LogP contribution in [0.2, 0.25) is 0 Å². The van der Waals surface area contributed by atoms with Crippen LogP contribution in [0.1, 0.15) is 47.8 Å². The zero-order chi connectivity index (χ0) is 14.2. The lowest BCUT2D eigenvalue weighted by atomic mass is 9.75. The number of hydrogen-bond donors (Lipinski definition) is 2. The van der Waals surface area contributed by atoms with Crippen LogP contribution in [0, 0.1) is 0 Å². The van der Waals surface area contributed by atoms with Crippen molar-refractivity contribution < 1.29 is 9.90 Å². The Morgan fingerprint density at radius 1 is 1.40 bits per heavy atom. The number of nitrogens with one attached hydrogen (secondary N) is 1. The molecule has 0 bridgehead atoms. The number of aromatic carboxylic acids is 1. The van der Waals surface area contributed by atoms with Gasteiger partial charge < -0.3 is 10.4 Å². The van der Waals surface area contributed by atoms with Gasteiger partial charge in [0.25, 0.3) is 0 Å². The maximum atomic E-state index is 11.5. The minimum absolute atomic E-state index is 0.235. The first kappa shape index (κ1) is 13.6. The number of carbonyl (C=O) groups is 1. The van der Waals surface area contributed by atoms with Crippen LogP contribution in [0.3, 0.4) is 0 Å². The molecule has 1 heterocycles. The van der Waals surface area contributed by atoms with E-state index in [0.717, 1.165) is 22.1 Å². The van der Waals surface area contributed by atoms with E-state index in [-0.39, 0.29) is 5.54 Å². The molecule has 106 valence electrons. The summed E-state index contributed by atoms with van der Waals surface area (Å²) in [4.78, 5) is 11.9. The molecule has 1 fully saturated rings. The lowest BCUT2D eigenvalue weighted by molar-refractivity contribution is 0.0700. The summed E-state index contributed by atoms with van der Waals surface area (Å²) in [5, 5.41) is 14.1. The Bertz CT molecular complexity index is 637. The summed E-state index contributed by atoms with van der Waals surface area (Å²) < 4.78 is 1.06. The molecule has 3 rings (SSSR count). The van der Waals surface area contributed by atoms with Gasteiger partial charge in [-0.15, -0.1) is 11.3 Å². The van der Waals surface area contributed by atoms with Crippen LogP contribution in [0.4, 0.5) is 0 Å². The molecule has 0 aliphatic heterocycles. The highest BCUT2D eigenvalue weighted by Gasteiger charge is 2.34. The fourth-order valence-electron chi connectivity index (χ4n) is 2.98. The van der Waals surface area contributed by atoms with E-state index in [9.17, 15) is 9.90 Å². The number of rotatable bonds is 5. The van der Waals surface area contributed by atoms with Gasteiger partial charge in [-0.1, -0.05) is 25.1 Å². The van der Waals surface area contributed by atoms with Crippen molar-refractivity contribution in [3.63, 3.8) is 0 Å². The van der Waals surface area contributed by atoms with Crippen LogP contribution in [0.5, 0.6) is 0 Å². The Hall–Kier alpha value is -1.39. The van der Waals surface area contributed by atoms with Gasteiger partial charge in [0, 0.05) is 16.8 Å². The molecule has 1 aromatic heterocycles. The van der Waals surface area contributed by atoms with E-state index >= 15 is 0 Å². The molecule has 0 unspecified atom stereocenters. The quantitative estimate of drug-likeness (QED) is 0.874. The predicted molar refractivity (Wildman–Crippen MR) is 82.5 cm³/mol. The maximum absolute atomic E-state index is 11.5. The van der Waals surface area contributed by atoms with Crippen molar-refractivity contribution in [1.82, 2.24) is 5.32 Å². The van der Waals surface area contributed by atoms with Gasteiger partial charge in [-0.25, -0.2) is 4.79 Å². The standard InChI is InChI=1S/C16H19NO2S/c1-2-16(8-5-9-16)17-10-12-11-6-3-4-7-13(11)20-14(12)15(18)19/h3-4,6-7,17H,2,5,8-10H2,1H3,(H,18,19). The normalized spacial score (nSPS) is 17.1. The van der Waals surface area contributed by atoms with Crippen LogP contribution < -0.4 is 5.32 Å². The highest BCUT2D eigenvalue weighted by molar-refractivity contribution is 7.21. The van der Waals surface area contributed by atoms with Gasteiger partial charge in [-0.05, 0) is 42.7 Å². The topological polar surface area (TPSA) is 49.3 Å². The third-order valence-electron chi connectivity index (χ3n) is 4.52. The van der Waals surface area contributed by atoms with E-state index in [4.69, 9.17) is 0 Å². The summed E-state index contributed by atoms with van der Waals surface area (Å²) in [5.74, 6) is -0.817. The van der Waals surface area contributed by atoms with Gasteiger partial charge in [-0.3, -0.25) is 0 Å². The van der Waals surface area contributed by atoms with Crippen LogP contribution in [-0.4, -0.2) is 16.6 Å². The second-order valence-corrected chi connectivity index (χ2v) is 6.60. The summed E-state index contributed by atoms with van der Waals surface area (Å²) in [6.07, 6.45) is 4.79. The zero-order valence-corrected chi connectivity index (χ0v) is 12.4. The summed E-state index contributed by atoms with van der Waals surface area (Å²) in [6, 6.07) is 7.95. The zero-order valence-electron chi connectivity index (χ0n) is 11.6. The first-order valence-electron chi connectivity index (χ1n) is 7.14. The third kappa shape index (κ3) is 2.23. The summed E-state index contributed by atoms with van der Waals surface area (Å²) >= 11 is 1.38. The molecule has 1 aromatic carbocycles. The van der Waals surface area contributed by atoms with Crippen molar-refractivity contribution in [2.75, 3.05) is 0 Å². The molecule has 2 N–H and O–H groups in total. The van der Waals surface area contributed by atoms with Gasteiger partial charge in [0.05, 0.1) is 0 Å². The van der Waals surface area contributed by atoms with Crippen LogP contribution in [0.15, 0.2) is 24.3 Å². The fourth-order valence-corrected chi connectivity index (χ4v) is 4.04. The Morgan fingerprint density at radius 3 is 2.75 bits per heavy atom. The second kappa shape index (κ2) is 5.19. The number of carboxylic acids is 1. The number of fused-ring (bicyclic) bond motifs is 1. The molecule has 4 heteroatoms. The third-order valence-corrected chi connectivity index (χ3v) is 5.72. The Morgan fingerprint density at radius 2 is 2.15 bits per heavy atom. The van der Waals surface area contributed by atoms with E-state index in [1.165, 1.54) is 30.6 Å². The van der Waals surface area contributed by atoms with Crippen molar-refractivity contribution >= 4 is 27.4 Å². The van der Waals surface area contributed by atoms with E-state index in [0.29, 0.717) is 11.4 Å². The number of benzene rings is 1. The Balaban J connectivity index is 1.93.